The highest BCUT2D eigenvalue weighted by Gasteiger charge is 2.30. The van der Waals surface area contributed by atoms with Gasteiger partial charge in [-0.2, -0.15) is 0 Å². The summed E-state index contributed by atoms with van der Waals surface area (Å²) in [5.41, 5.74) is 1.59. The van der Waals surface area contributed by atoms with Crippen molar-refractivity contribution in [2.75, 3.05) is 0 Å². The summed E-state index contributed by atoms with van der Waals surface area (Å²) < 4.78 is 22.8. The molecule has 1 aromatic carbocycles. The van der Waals surface area contributed by atoms with Gasteiger partial charge in [0.25, 0.3) is 0 Å². The molecule has 2 aliphatic heterocycles. The molecule has 0 aromatic heterocycles. The molecule has 0 bridgehead atoms. The Bertz CT molecular complexity index is 691. The maximum Gasteiger partial charge on any atom is 0.335 e. The summed E-state index contributed by atoms with van der Waals surface area (Å²) >= 11 is 3.43. The van der Waals surface area contributed by atoms with Gasteiger partial charge in [-0.05, 0) is 62.8 Å². The zero-order valence-corrected chi connectivity index (χ0v) is 17.2. The quantitative estimate of drug-likeness (QED) is 0.628. The van der Waals surface area contributed by atoms with Crippen LogP contribution < -0.4 is 0 Å². The predicted octanol–water partition coefficient (Wildman–Crippen LogP) is 3.67. The number of ether oxygens (including phenoxy) is 4. The molecule has 0 aliphatic carbocycles. The van der Waals surface area contributed by atoms with Gasteiger partial charge in [0.1, 0.15) is 13.2 Å². The summed E-state index contributed by atoms with van der Waals surface area (Å²) in [5, 5.41) is 0. The Kier molecular flexibility index (Phi) is 6.89. The number of rotatable bonds is 6. The number of hydrogen-bond donors (Lipinski definition) is 0. The molecular formula is C20H25BrO6. The lowest BCUT2D eigenvalue weighted by Crippen LogP contribution is -2.24. The van der Waals surface area contributed by atoms with E-state index in [0.717, 1.165) is 28.4 Å². The highest BCUT2D eigenvalue weighted by Crippen LogP contribution is 2.24. The number of halogens is 1. The predicted molar refractivity (Wildman–Crippen MR) is 101 cm³/mol. The molecule has 0 spiro atoms. The third-order valence-corrected chi connectivity index (χ3v) is 5.39. The van der Waals surface area contributed by atoms with Crippen LogP contribution in [0.2, 0.25) is 0 Å². The first kappa shape index (κ1) is 20.3. The van der Waals surface area contributed by atoms with E-state index in [1.165, 1.54) is 0 Å². The van der Waals surface area contributed by atoms with E-state index < -0.39 is 12.2 Å². The lowest BCUT2D eigenvalue weighted by atomic mass is 10.1. The molecule has 0 saturated carbocycles. The molecule has 2 fully saturated rings. The van der Waals surface area contributed by atoms with E-state index in [1.54, 1.807) is 0 Å². The molecular weight excluding hydrogens is 416 g/mol. The molecule has 7 heteroatoms. The highest BCUT2D eigenvalue weighted by atomic mass is 79.9. The van der Waals surface area contributed by atoms with E-state index in [4.69, 9.17) is 18.9 Å². The van der Waals surface area contributed by atoms with Crippen molar-refractivity contribution in [1.82, 2.24) is 0 Å². The molecule has 0 N–H and O–H groups in total. The van der Waals surface area contributed by atoms with Crippen molar-refractivity contribution >= 4 is 27.9 Å². The maximum absolute atomic E-state index is 12.2. The van der Waals surface area contributed by atoms with Crippen LogP contribution in [0.3, 0.4) is 0 Å². The average molecular weight is 441 g/mol. The van der Waals surface area contributed by atoms with Crippen molar-refractivity contribution in [3.8, 4) is 0 Å². The van der Waals surface area contributed by atoms with E-state index in [2.05, 4.69) is 15.9 Å². The summed E-state index contributed by atoms with van der Waals surface area (Å²) in [4.78, 5) is 24.3. The first-order valence-corrected chi connectivity index (χ1v) is 10.1. The van der Waals surface area contributed by atoms with E-state index in [9.17, 15) is 9.59 Å². The lowest BCUT2D eigenvalue weighted by molar-refractivity contribution is -0.158. The highest BCUT2D eigenvalue weighted by molar-refractivity contribution is 9.10. The monoisotopic (exact) mass is 440 g/mol. The number of hydrogen-bond acceptors (Lipinski definition) is 6. The minimum absolute atomic E-state index is 0.0870. The molecule has 0 amide bonds. The summed E-state index contributed by atoms with van der Waals surface area (Å²) in [6.07, 6.45) is 2.29. The van der Waals surface area contributed by atoms with Crippen LogP contribution in [0.1, 0.15) is 50.7 Å². The van der Waals surface area contributed by atoms with Crippen LogP contribution in [0.15, 0.2) is 22.7 Å². The molecule has 0 unspecified atom stereocenters. The van der Waals surface area contributed by atoms with Crippen molar-refractivity contribution in [2.45, 2.75) is 77.2 Å². The average Bonchev–Trinajstić information content (AvgIpc) is 3.27. The van der Waals surface area contributed by atoms with Crippen molar-refractivity contribution in [2.24, 2.45) is 0 Å². The van der Waals surface area contributed by atoms with Crippen molar-refractivity contribution in [3.05, 3.63) is 33.8 Å². The normalized spacial score (nSPS) is 27.5. The van der Waals surface area contributed by atoms with Gasteiger partial charge in [0.15, 0.2) is 12.2 Å². The van der Waals surface area contributed by atoms with E-state index in [-0.39, 0.29) is 37.4 Å². The standard InChI is InChI=1S/C20H25BrO6/c1-12-3-7-17(26-12)19(22)24-10-14-5-6-16(21)9-15(14)11-25-20(23)18-8-4-13(2)27-18/h5-6,9,12-13,17-18H,3-4,7-8,10-11H2,1-2H3/t12-,13-,17-,18-/m1/s1. The van der Waals surface area contributed by atoms with Crippen molar-refractivity contribution in [3.63, 3.8) is 0 Å². The maximum atomic E-state index is 12.2. The summed E-state index contributed by atoms with van der Waals surface area (Å²) in [6.45, 7) is 4.12. The largest absolute Gasteiger partial charge is 0.459 e. The molecule has 148 valence electrons. The third-order valence-electron chi connectivity index (χ3n) is 4.90. The first-order valence-electron chi connectivity index (χ1n) is 9.34. The summed E-state index contributed by atoms with van der Waals surface area (Å²) in [5.74, 6) is -0.700. The van der Waals surface area contributed by atoms with Gasteiger partial charge in [-0.15, -0.1) is 0 Å². The third kappa shape index (κ3) is 5.53. The van der Waals surface area contributed by atoms with Crippen LogP contribution in [0.4, 0.5) is 0 Å². The lowest BCUT2D eigenvalue weighted by Gasteiger charge is -2.15. The van der Waals surface area contributed by atoms with Gasteiger partial charge in [0, 0.05) is 4.47 Å². The molecule has 1 aromatic rings. The van der Waals surface area contributed by atoms with Crippen LogP contribution in [-0.2, 0) is 41.8 Å². The van der Waals surface area contributed by atoms with Crippen LogP contribution in [0.5, 0.6) is 0 Å². The molecule has 27 heavy (non-hydrogen) atoms. The first-order chi connectivity index (χ1) is 12.9. The Morgan fingerprint density at radius 2 is 1.44 bits per heavy atom. The fraction of sp³-hybridized carbons (Fsp3) is 0.600. The molecule has 2 heterocycles. The molecule has 0 radical (unpaired) electrons. The Labute approximate surface area is 167 Å². The van der Waals surface area contributed by atoms with Crippen LogP contribution in [0, 0.1) is 0 Å². The van der Waals surface area contributed by atoms with E-state index in [0.29, 0.717) is 12.8 Å². The Morgan fingerprint density at radius 3 is 1.93 bits per heavy atom. The minimum atomic E-state index is -0.491. The molecule has 4 atom stereocenters. The number of carbonyl (C=O) groups is 2. The topological polar surface area (TPSA) is 71.1 Å². The number of carbonyl (C=O) groups excluding carboxylic acids is 2. The van der Waals surface area contributed by atoms with Crippen LogP contribution in [-0.4, -0.2) is 36.4 Å². The SMILES string of the molecule is C[C@@H]1CC[C@H](C(=O)OCc2ccc(Br)cc2COC(=O)[C@H]2CC[C@@H](C)O2)O1. The fourth-order valence-corrected chi connectivity index (χ4v) is 3.71. The van der Waals surface area contributed by atoms with Gasteiger partial charge in [-0.3, -0.25) is 0 Å². The zero-order chi connectivity index (χ0) is 19.4. The summed E-state index contributed by atoms with van der Waals surface area (Å²) in [7, 11) is 0. The van der Waals surface area contributed by atoms with E-state index >= 15 is 0 Å². The number of esters is 2. The Balaban J connectivity index is 1.56. The van der Waals surface area contributed by atoms with Gasteiger partial charge >= 0.3 is 11.9 Å². The molecule has 3 rings (SSSR count). The van der Waals surface area contributed by atoms with Crippen LogP contribution in [0.25, 0.3) is 0 Å². The van der Waals surface area contributed by atoms with Gasteiger partial charge in [0.2, 0.25) is 0 Å². The molecule has 2 aliphatic rings. The van der Waals surface area contributed by atoms with Crippen molar-refractivity contribution in [1.29, 1.82) is 0 Å². The van der Waals surface area contributed by atoms with Gasteiger partial charge in [-0.1, -0.05) is 22.0 Å². The molecule has 2 saturated heterocycles. The second-order valence-corrected chi connectivity index (χ2v) is 8.07. The second-order valence-electron chi connectivity index (χ2n) is 7.15. The fourth-order valence-electron chi connectivity index (χ4n) is 3.31. The summed E-state index contributed by atoms with van der Waals surface area (Å²) in [6, 6.07) is 5.58. The smallest absolute Gasteiger partial charge is 0.335 e. The minimum Gasteiger partial charge on any atom is -0.459 e. The van der Waals surface area contributed by atoms with Gasteiger partial charge in [0.05, 0.1) is 12.2 Å². The molecule has 6 nitrogen and oxygen atoms in total. The number of benzene rings is 1. The van der Waals surface area contributed by atoms with E-state index in [1.807, 2.05) is 32.0 Å². The Hall–Kier alpha value is -1.44. The zero-order valence-electron chi connectivity index (χ0n) is 15.6. The van der Waals surface area contributed by atoms with Crippen molar-refractivity contribution < 1.29 is 28.5 Å². The van der Waals surface area contributed by atoms with Gasteiger partial charge in [-0.25, -0.2) is 9.59 Å². The second kappa shape index (κ2) is 9.17. The van der Waals surface area contributed by atoms with Gasteiger partial charge < -0.3 is 18.9 Å². The van der Waals surface area contributed by atoms with Crippen LogP contribution >= 0.6 is 15.9 Å². The Morgan fingerprint density at radius 1 is 0.926 bits per heavy atom.